The molecule has 2 heteroatoms. The fraction of sp³-hybridized carbons (Fsp3) is 0.556. The molecule has 0 spiro atoms. The molecule has 1 aliphatic rings. The Labute approximate surface area is 123 Å². The lowest BCUT2D eigenvalue weighted by Crippen LogP contribution is -2.64. The van der Waals surface area contributed by atoms with Crippen LogP contribution in [0, 0.1) is 0 Å². The average Bonchev–Trinajstić information content (AvgIpc) is 2.50. The van der Waals surface area contributed by atoms with Crippen molar-refractivity contribution in [3.8, 4) is 0 Å². The summed E-state index contributed by atoms with van der Waals surface area (Å²) < 4.78 is 0. The maximum absolute atomic E-state index is 3.94. The molecule has 0 amide bonds. The van der Waals surface area contributed by atoms with Crippen LogP contribution in [-0.2, 0) is 6.42 Å². The summed E-state index contributed by atoms with van der Waals surface area (Å²) in [5, 5.41) is 3.77. The van der Waals surface area contributed by atoms with Gasteiger partial charge in [0.15, 0.2) is 0 Å². The predicted octanol–water partition coefficient (Wildman–Crippen LogP) is 3.25. The highest BCUT2D eigenvalue weighted by Crippen LogP contribution is 2.27. The smallest absolute Gasteiger partial charge is 0.0332 e. The molecule has 2 nitrogen and oxygen atoms in total. The standard InChI is InChI=1S/C18H28N2/c1-4-12-20-14-17(13-16-10-8-7-9-11-16)19-15-18(20,5-2)6-3/h4,7-11,17,19H,1,5-6,12-15H2,2-3H3. The fourth-order valence-corrected chi connectivity index (χ4v) is 3.38. The first kappa shape index (κ1) is 15.3. The zero-order valence-electron chi connectivity index (χ0n) is 12.9. The van der Waals surface area contributed by atoms with Gasteiger partial charge in [0, 0.05) is 31.2 Å². The van der Waals surface area contributed by atoms with Crippen molar-refractivity contribution >= 4 is 0 Å². The van der Waals surface area contributed by atoms with Gasteiger partial charge in [0.25, 0.3) is 0 Å². The SMILES string of the molecule is C=CCN1CC(Cc2ccccc2)NCC1(CC)CC. The van der Waals surface area contributed by atoms with Crippen LogP contribution in [0.15, 0.2) is 43.0 Å². The van der Waals surface area contributed by atoms with E-state index in [-0.39, 0.29) is 0 Å². The van der Waals surface area contributed by atoms with E-state index in [9.17, 15) is 0 Å². The molecule has 1 atom stereocenters. The third-order valence-corrected chi connectivity index (χ3v) is 4.82. The van der Waals surface area contributed by atoms with E-state index in [4.69, 9.17) is 0 Å². The minimum absolute atomic E-state index is 0.307. The second-order valence-electron chi connectivity index (χ2n) is 5.89. The van der Waals surface area contributed by atoms with Crippen molar-refractivity contribution in [3.63, 3.8) is 0 Å². The summed E-state index contributed by atoms with van der Waals surface area (Å²) in [5.41, 5.74) is 1.73. The molecule has 1 saturated heterocycles. The van der Waals surface area contributed by atoms with Crippen molar-refractivity contribution in [1.29, 1.82) is 0 Å². The minimum atomic E-state index is 0.307. The highest BCUT2D eigenvalue weighted by Gasteiger charge is 2.37. The highest BCUT2D eigenvalue weighted by atomic mass is 15.3. The summed E-state index contributed by atoms with van der Waals surface area (Å²) in [4.78, 5) is 2.63. The molecule has 1 fully saturated rings. The number of nitrogens with one attached hydrogen (secondary N) is 1. The molecular formula is C18H28N2. The van der Waals surface area contributed by atoms with E-state index >= 15 is 0 Å². The third-order valence-electron chi connectivity index (χ3n) is 4.82. The first-order chi connectivity index (χ1) is 9.74. The number of piperazine rings is 1. The number of benzene rings is 1. The summed E-state index contributed by atoms with van der Waals surface area (Å²) in [7, 11) is 0. The van der Waals surface area contributed by atoms with Gasteiger partial charge in [0.1, 0.15) is 0 Å². The highest BCUT2D eigenvalue weighted by molar-refractivity contribution is 5.16. The van der Waals surface area contributed by atoms with Crippen molar-refractivity contribution in [1.82, 2.24) is 10.2 Å². The van der Waals surface area contributed by atoms with Crippen molar-refractivity contribution in [3.05, 3.63) is 48.6 Å². The monoisotopic (exact) mass is 272 g/mol. The van der Waals surface area contributed by atoms with E-state index in [0.717, 1.165) is 26.1 Å². The molecule has 1 aliphatic heterocycles. The maximum Gasteiger partial charge on any atom is 0.0332 e. The normalized spacial score (nSPS) is 22.6. The maximum atomic E-state index is 3.94. The Balaban J connectivity index is 2.04. The van der Waals surface area contributed by atoms with Crippen molar-refractivity contribution in [2.45, 2.75) is 44.7 Å². The van der Waals surface area contributed by atoms with Gasteiger partial charge in [-0.1, -0.05) is 50.3 Å². The lowest BCUT2D eigenvalue weighted by Gasteiger charge is -2.49. The lowest BCUT2D eigenvalue weighted by molar-refractivity contribution is 0.0424. The second kappa shape index (κ2) is 7.05. The van der Waals surface area contributed by atoms with Crippen molar-refractivity contribution < 1.29 is 0 Å². The van der Waals surface area contributed by atoms with Crippen LogP contribution < -0.4 is 5.32 Å². The van der Waals surface area contributed by atoms with Gasteiger partial charge in [0.2, 0.25) is 0 Å². The second-order valence-corrected chi connectivity index (χ2v) is 5.89. The van der Waals surface area contributed by atoms with Crippen LogP contribution in [0.4, 0.5) is 0 Å². The van der Waals surface area contributed by atoms with E-state index in [1.54, 1.807) is 0 Å². The minimum Gasteiger partial charge on any atom is -0.311 e. The summed E-state index contributed by atoms with van der Waals surface area (Å²) in [6, 6.07) is 11.3. The van der Waals surface area contributed by atoms with Gasteiger partial charge in [-0.25, -0.2) is 0 Å². The lowest BCUT2D eigenvalue weighted by atomic mass is 9.86. The van der Waals surface area contributed by atoms with Gasteiger partial charge in [-0.2, -0.15) is 0 Å². The Morgan fingerprint density at radius 1 is 1.30 bits per heavy atom. The number of hydrogen-bond donors (Lipinski definition) is 1. The van der Waals surface area contributed by atoms with Crippen LogP contribution in [-0.4, -0.2) is 36.1 Å². The molecule has 1 unspecified atom stereocenters. The van der Waals surface area contributed by atoms with Gasteiger partial charge < -0.3 is 5.32 Å². The molecule has 0 saturated carbocycles. The molecule has 2 rings (SSSR count). The molecule has 1 N–H and O–H groups in total. The Morgan fingerprint density at radius 2 is 2.00 bits per heavy atom. The molecule has 1 aromatic carbocycles. The largest absolute Gasteiger partial charge is 0.311 e. The Hall–Kier alpha value is -1.12. The van der Waals surface area contributed by atoms with Gasteiger partial charge in [-0.15, -0.1) is 6.58 Å². The molecule has 1 heterocycles. The first-order valence-corrected chi connectivity index (χ1v) is 7.87. The number of hydrogen-bond acceptors (Lipinski definition) is 2. The Kier molecular flexibility index (Phi) is 5.38. The van der Waals surface area contributed by atoms with Gasteiger partial charge in [0.05, 0.1) is 0 Å². The van der Waals surface area contributed by atoms with Crippen molar-refractivity contribution in [2.75, 3.05) is 19.6 Å². The molecule has 110 valence electrons. The topological polar surface area (TPSA) is 15.3 Å². The van der Waals surface area contributed by atoms with E-state index in [2.05, 4.69) is 61.0 Å². The summed E-state index contributed by atoms with van der Waals surface area (Å²) in [5.74, 6) is 0. The van der Waals surface area contributed by atoms with Crippen LogP contribution in [0.1, 0.15) is 32.3 Å². The summed E-state index contributed by atoms with van der Waals surface area (Å²) in [6.45, 7) is 11.7. The molecule has 0 bridgehead atoms. The third kappa shape index (κ3) is 3.31. The zero-order valence-corrected chi connectivity index (χ0v) is 12.9. The molecule has 0 aromatic heterocycles. The molecule has 1 aromatic rings. The molecule has 20 heavy (non-hydrogen) atoms. The quantitative estimate of drug-likeness (QED) is 0.800. The van der Waals surface area contributed by atoms with Crippen LogP contribution in [0.25, 0.3) is 0 Å². The van der Waals surface area contributed by atoms with Crippen LogP contribution in [0.3, 0.4) is 0 Å². The fourth-order valence-electron chi connectivity index (χ4n) is 3.38. The summed E-state index contributed by atoms with van der Waals surface area (Å²) >= 11 is 0. The molecule has 0 radical (unpaired) electrons. The van der Waals surface area contributed by atoms with Gasteiger partial charge >= 0.3 is 0 Å². The van der Waals surface area contributed by atoms with Crippen LogP contribution in [0.5, 0.6) is 0 Å². The van der Waals surface area contributed by atoms with Gasteiger partial charge in [-0.05, 0) is 24.8 Å². The van der Waals surface area contributed by atoms with Gasteiger partial charge in [-0.3, -0.25) is 4.90 Å². The van der Waals surface area contributed by atoms with Crippen LogP contribution in [0.2, 0.25) is 0 Å². The summed E-state index contributed by atoms with van der Waals surface area (Å²) in [6.07, 6.45) is 5.55. The van der Waals surface area contributed by atoms with E-state index in [1.807, 2.05) is 6.08 Å². The van der Waals surface area contributed by atoms with E-state index in [0.29, 0.717) is 11.6 Å². The van der Waals surface area contributed by atoms with Crippen LogP contribution >= 0.6 is 0 Å². The van der Waals surface area contributed by atoms with E-state index < -0.39 is 0 Å². The number of nitrogens with zero attached hydrogens (tertiary/aromatic N) is 1. The number of rotatable bonds is 6. The van der Waals surface area contributed by atoms with E-state index in [1.165, 1.54) is 18.4 Å². The molecular weight excluding hydrogens is 244 g/mol. The Morgan fingerprint density at radius 3 is 2.60 bits per heavy atom. The Bertz CT molecular complexity index is 409. The van der Waals surface area contributed by atoms with Crippen molar-refractivity contribution in [2.24, 2.45) is 0 Å². The predicted molar refractivity (Wildman–Crippen MR) is 87.0 cm³/mol. The first-order valence-electron chi connectivity index (χ1n) is 7.87. The average molecular weight is 272 g/mol. The molecule has 0 aliphatic carbocycles. The zero-order chi connectivity index (χ0) is 14.4.